The standard InChI is InChI=1S/C23H22ClNO3S/c1-3-27-22-12-7-16(23(26)25-19-5-4-6-21(14-19)29-2)13-17(22)15-28-20-10-8-18(24)9-11-20/h4-14H,3,15H2,1-2H3,(H,25,26). The van der Waals surface area contributed by atoms with Crippen LogP contribution in [0.2, 0.25) is 5.02 Å². The second-order valence-electron chi connectivity index (χ2n) is 6.18. The van der Waals surface area contributed by atoms with Gasteiger partial charge in [0.1, 0.15) is 18.1 Å². The maximum Gasteiger partial charge on any atom is 0.255 e. The number of halogens is 1. The van der Waals surface area contributed by atoms with Gasteiger partial charge in [-0.1, -0.05) is 17.7 Å². The van der Waals surface area contributed by atoms with Crippen LogP contribution < -0.4 is 14.8 Å². The third kappa shape index (κ3) is 5.92. The van der Waals surface area contributed by atoms with E-state index in [1.165, 1.54) is 0 Å². The normalized spacial score (nSPS) is 10.4. The number of thioether (sulfide) groups is 1. The lowest BCUT2D eigenvalue weighted by Gasteiger charge is -2.14. The minimum absolute atomic E-state index is 0.181. The fraction of sp³-hybridized carbons (Fsp3) is 0.174. The summed E-state index contributed by atoms with van der Waals surface area (Å²) < 4.78 is 11.5. The number of benzene rings is 3. The largest absolute Gasteiger partial charge is 0.493 e. The second-order valence-corrected chi connectivity index (χ2v) is 7.50. The Morgan fingerprint density at radius 1 is 1.03 bits per heavy atom. The molecular weight excluding hydrogens is 406 g/mol. The lowest BCUT2D eigenvalue weighted by molar-refractivity contribution is 0.102. The van der Waals surface area contributed by atoms with Crippen molar-refractivity contribution in [2.24, 2.45) is 0 Å². The fourth-order valence-electron chi connectivity index (χ4n) is 2.73. The topological polar surface area (TPSA) is 47.6 Å². The molecule has 0 aliphatic rings. The summed E-state index contributed by atoms with van der Waals surface area (Å²) in [4.78, 5) is 13.8. The average Bonchev–Trinajstić information content (AvgIpc) is 2.74. The van der Waals surface area contributed by atoms with Crippen molar-refractivity contribution in [2.75, 3.05) is 18.2 Å². The van der Waals surface area contributed by atoms with Crippen LogP contribution in [0.15, 0.2) is 71.6 Å². The maximum atomic E-state index is 12.7. The molecule has 0 atom stereocenters. The number of hydrogen-bond acceptors (Lipinski definition) is 4. The second kappa shape index (κ2) is 10.2. The van der Waals surface area contributed by atoms with Crippen molar-refractivity contribution in [2.45, 2.75) is 18.4 Å². The molecule has 0 radical (unpaired) electrons. The quantitative estimate of drug-likeness (QED) is 0.429. The van der Waals surface area contributed by atoms with Crippen molar-refractivity contribution >= 4 is 35.0 Å². The highest BCUT2D eigenvalue weighted by Gasteiger charge is 2.12. The van der Waals surface area contributed by atoms with Crippen molar-refractivity contribution in [3.8, 4) is 11.5 Å². The molecule has 0 fully saturated rings. The summed E-state index contributed by atoms with van der Waals surface area (Å²) in [5, 5.41) is 3.59. The summed E-state index contributed by atoms with van der Waals surface area (Å²) in [6.07, 6.45) is 2.00. The SMILES string of the molecule is CCOc1ccc(C(=O)Nc2cccc(SC)c2)cc1COc1ccc(Cl)cc1. The highest BCUT2D eigenvalue weighted by atomic mass is 35.5. The van der Waals surface area contributed by atoms with Crippen LogP contribution in [-0.4, -0.2) is 18.8 Å². The van der Waals surface area contributed by atoms with Crippen LogP contribution in [0.4, 0.5) is 5.69 Å². The highest BCUT2D eigenvalue weighted by Crippen LogP contribution is 2.25. The van der Waals surface area contributed by atoms with E-state index in [-0.39, 0.29) is 12.5 Å². The Labute approximate surface area is 180 Å². The Balaban J connectivity index is 1.77. The number of nitrogens with one attached hydrogen (secondary N) is 1. The Bertz CT molecular complexity index is 976. The van der Waals surface area contributed by atoms with Gasteiger partial charge in [-0.15, -0.1) is 11.8 Å². The molecule has 0 unspecified atom stereocenters. The number of carbonyl (C=O) groups is 1. The van der Waals surface area contributed by atoms with Gasteiger partial charge in [0.05, 0.1) is 6.61 Å². The Morgan fingerprint density at radius 2 is 1.83 bits per heavy atom. The van der Waals surface area contributed by atoms with Crippen LogP contribution in [0.1, 0.15) is 22.8 Å². The lowest BCUT2D eigenvalue weighted by atomic mass is 10.1. The molecule has 29 heavy (non-hydrogen) atoms. The molecule has 0 saturated heterocycles. The summed E-state index contributed by atoms with van der Waals surface area (Å²) >= 11 is 7.54. The molecule has 0 spiro atoms. The maximum absolute atomic E-state index is 12.7. The molecule has 3 aromatic carbocycles. The summed E-state index contributed by atoms with van der Waals surface area (Å²) in [6.45, 7) is 2.73. The fourth-order valence-corrected chi connectivity index (χ4v) is 3.31. The summed E-state index contributed by atoms with van der Waals surface area (Å²) in [5.74, 6) is 1.21. The number of ether oxygens (including phenoxy) is 2. The van der Waals surface area contributed by atoms with Gasteiger partial charge in [0, 0.05) is 26.7 Å². The molecule has 3 aromatic rings. The van der Waals surface area contributed by atoms with E-state index in [4.69, 9.17) is 21.1 Å². The van der Waals surface area contributed by atoms with Gasteiger partial charge in [0.25, 0.3) is 5.91 Å². The van der Waals surface area contributed by atoms with Crippen LogP contribution in [0, 0.1) is 0 Å². The molecule has 4 nitrogen and oxygen atoms in total. The van der Waals surface area contributed by atoms with Gasteiger partial charge < -0.3 is 14.8 Å². The van der Waals surface area contributed by atoms with Gasteiger partial charge in [-0.2, -0.15) is 0 Å². The monoisotopic (exact) mass is 427 g/mol. The molecule has 0 aromatic heterocycles. The van der Waals surface area contributed by atoms with Crippen LogP contribution in [0.25, 0.3) is 0 Å². The third-order valence-electron chi connectivity index (χ3n) is 4.16. The molecule has 0 heterocycles. The Hall–Kier alpha value is -2.63. The van der Waals surface area contributed by atoms with E-state index in [2.05, 4.69) is 5.32 Å². The van der Waals surface area contributed by atoms with Gasteiger partial charge in [0.2, 0.25) is 0 Å². The molecular formula is C23H22ClNO3S. The van der Waals surface area contributed by atoms with Crippen LogP contribution in [0.3, 0.4) is 0 Å². The first kappa shape index (κ1) is 21.1. The molecule has 6 heteroatoms. The zero-order valence-corrected chi connectivity index (χ0v) is 17.8. The zero-order valence-electron chi connectivity index (χ0n) is 16.3. The van der Waals surface area contributed by atoms with E-state index >= 15 is 0 Å². The van der Waals surface area contributed by atoms with E-state index in [0.717, 1.165) is 16.1 Å². The van der Waals surface area contributed by atoms with E-state index in [0.29, 0.717) is 28.7 Å². The van der Waals surface area contributed by atoms with Crippen molar-refractivity contribution in [1.82, 2.24) is 0 Å². The van der Waals surface area contributed by atoms with Crippen LogP contribution >= 0.6 is 23.4 Å². The van der Waals surface area contributed by atoms with Crippen molar-refractivity contribution in [1.29, 1.82) is 0 Å². The summed E-state index contributed by atoms with van der Waals surface area (Å²) in [7, 11) is 0. The average molecular weight is 428 g/mol. The predicted molar refractivity (Wildman–Crippen MR) is 120 cm³/mol. The number of carbonyl (C=O) groups excluding carboxylic acids is 1. The molecule has 1 N–H and O–H groups in total. The van der Waals surface area contributed by atoms with E-state index < -0.39 is 0 Å². The predicted octanol–water partition coefficient (Wildman–Crippen LogP) is 6.29. The van der Waals surface area contributed by atoms with Crippen LogP contribution in [-0.2, 0) is 6.61 Å². The molecule has 0 aliphatic heterocycles. The molecule has 0 aliphatic carbocycles. The van der Waals surface area contributed by atoms with E-state index in [1.54, 1.807) is 54.2 Å². The highest BCUT2D eigenvalue weighted by molar-refractivity contribution is 7.98. The van der Waals surface area contributed by atoms with Crippen molar-refractivity contribution < 1.29 is 14.3 Å². The van der Waals surface area contributed by atoms with E-state index in [9.17, 15) is 4.79 Å². The number of hydrogen-bond donors (Lipinski definition) is 1. The van der Waals surface area contributed by atoms with Crippen LogP contribution in [0.5, 0.6) is 11.5 Å². The number of anilines is 1. The number of rotatable bonds is 8. The van der Waals surface area contributed by atoms with E-state index in [1.807, 2.05) is 37.4 Å². The molecule has 3 rings (SSSR count). The van der Waals surface area contributed by atoms with Crippen molar-refractivity contribution in [3.05, 3.63) is 82.9 Å². The third-order valence-corrected chi connectivity index (χ3v) is 5.14. The smallest absolute Gasteiger partial charge is 0.255 e. The minimum Gasteiger partial charge on any atom is -0.493 e. The van der Waals surface area contributed by atoms with Gasteiger partial charge in [-0.25, -0.2) is 0 Å². The van der Waals surface area contributed by atoms with Gasteiger partial charge in [0.15, 0.2) is 0 Å². The molecule has 1 amide bonds. The Morgan fingerprint density at radius 3 is 2.55 bits per heavy atom. The Kier molecular flexibility index (Phi) is 7.44. The van der Waals surface area contributed by atoms with Gasteiger partial charge in [-0.3, -0.25) is 4.79 Å². The first-order chi connectivity index (χ1) is 14.1. The molecule has 0 bridgehead atoms. The van der Waals surface area contributed by atoms with Crippen molar-refractivity contribution in [3.63, 3.8) is 0 Å². The minimum atomic E-state index is -0.181. The first-order valence-corrected chi connectivity index (χ1v) is 10.8. The lowest BCUT2D eigenvalue weighted by Crippen LogP contribution is -2.13. The van der Waals surface area contributed by atoms with Gasteiger partial charge in [-0.05, 0) is 73.8 Å². The zero-order chi connectivity index (χ0) is 20.6. The number of amides is 1. The molecule has 0 saturated carbocycles. The molecule has 150 valence electrons. The summed E-state index contributed by atoms with van der Waals surface area (Å²) in [5.41, 5.74) is 2.10. The van der Waals surface area contributed by atoms with Gasteiger partial charge >= 0.3 is 0 Å². The summed E-state index contributed by atoms with van der Waals surface area (Å²) in [6, 6.07) is 20.2. The first-order valence-electron chi connectivity index (χ1n) is 9.18.